The molecule has 0 radical (unpaired) electrons. The Morgan fingerprint density at radius 2 is 2.00 bits per heavy atom. The lowest BCUT2D eigenvalue weighted by molar-refractivity contribution is 0.0694. The van der Waals surface area contributed by atoms with E-state index in [4.69, 9.17) is 5.11 Å². The highest BCUT2D eigenvalue weighted by Crippen LogP contribution is 2.22. The molecule has 2 aromatic rings. The number of benzene rings is 1. The summed E-state index contributed by atoms with van der Waals surface area (Å²) in [5.74, 6) is -1.29. The number of carboxylic acids is 1. The molecule has 0 aliphatic rings. The van der Waals surface area contributed by atoms with Gasteiger partial charge in [-0.1, -0.05) is 0 Å². The third kappa shape index (κ3) is 3.05. The molecule has 0 spiro atoms. The third-order valence-corrected chi connectivity index (χ3v) is 2.44. The lowest BCUT2D eigenvalue weighted by Gasteiger charge is -2.07. The predicted octanol–water partition coefficient (Wildman–Crippen LogP) is 1.47. The molecule has 104 valence electrons. The Bertz CT molecular complexity index is 665. The summed E-state index contributed by atoms with van der Waals surface area (Å²) in [7, 11) is 1.71. The highest BCUT2D eigenvalue weighted by Gasteiger charge is 2.11. The number of nitrogens with zero attached hydrogens (tertiary/aromatic N) is 2. The molecule has 0 aliphatic carbocycles. The van der Waals surface area contributed by atoms with Crippen LogP contribution in [0.1, 0.15) is 10.4 Å². The molecule has 4 N–H and O–H groups in total. The maximum absolute atomic E-state index is 11.7. The van der Waals surface area contributed by atoms with Gasteiger partial charge in [-0.15, -0.1) is 0 Å². The fraction of sp³-hybridized carbons (Fsp3) is 0.0833. The van der Waals surface area contributed by atoms with E-state index >= 15 is 0 Å². The number of urea groups is 1. The van der Waals surface area contributed by atoms with Crippen molar-refractivity contribution in [3.63, 3.8) is 0 Å². The van der Waals surface area contributed by atoms with Crippen LogP contribution in [0.3, 0.4) is 0 Å². The van der Waals surface area contributed by atoms with E-state index in [0.29, 0.717) is 5.82 Å². The number of aromatic nitrogens is 2. The number of aromatic hydroxyl groups is 1. The molecule has 1 aromatic carbocycles. The van der Waals surface area contributed by atoms with Gasteiger partial charge in [0.15, 0.2) is 5.82 Å². The zero-order chi connectivity index (χ0) is 14.7. The van der Waals surface area contributed by atoms with Gasteiger partial charge in [0.25, 0.3) is 0 Å². The minimum Gasteiger partial charge on any atom is -0.507 e. The molecule has 0 atom stereocenters. The number of aromatic carboxylic acids is 1. The Balaban J connectivity index is 2.04. The molecule has 1 heterocycles. The summed E-state index contributed by atoms with van der Waals surface area (Å²) in [5.41, 5.74) is 0.0293. The fourth-order valence-corrected chi connectivity index (χ4v) is 1.55. The van der Waals surface area contributed by atoms with Crippen LogP contribution < -0.4 is 10.6 Å². The zero-order valence-electron chi connectivity index (χ0n) is 10.5. The number of rotatable bonds is 3. The summed E-state index contributed by atoms with van der Waals surface area (Å²) in [6.07, 6.45) is 1.67. The molecule has 8 nitrogen and oxygen atoms in total. The van der Waals surface area contributed by atoms with Crippen LogP contribution in [0.2, 0.25) is 0 Å². The zero-order valence-corrected chi connectivity index (χ0v) is 10.5. The molecular weight excluding hydrogens is 264 g/mol. The van der Waals surface area contributed by atoms with Crippen molar-refractivity contribution >= 4 is 23.5 Å². The summed E-state index contributed by atoms with van der Waals surface area (Å²) in [6.45, 7) is 0. The highest BCUT2D eigenvalue weighted by atomic mass is 16.4. The van der Waals surface area contributed by atoms with Gasteiger partial charge in [0.05, 0.1) is 0 Å². The van der Waals surface area contributed by atoms with E-state index in [0.717, 1.165) is 6.07 Å². The van der Waals surface area contributed by atoms with Crippen LogP contribution in [0, 0.1) is 0 Å². The fourth-order valence-electron chi connectivity index (χ4n) is 1.55. The van der Waals surface area contributed by atoms with Gasteiger partial charge in [-0.3, -0.25) is 10.00 Å². The number of hydrogen-bond acceptors (Lipinski definition) is 4. The van der Waals surface area contributed by atoms with Crippen LogP contribution in [-0.2, 0) is 7.05 Å². The van der Waals surface area contributed by atoms with E-state index in [-0.39, 0.29) is 11.3 Å². The SMILES string of the molecule is Cn1ccc(NC(=O)Nc2ccc(C(=O)O)c(O)c2)n1. The molecule has 0 aliphatic heterocycles. The van der Waals surface area contributed by atoms with Crippen LogP contribution in [0.5, 0.6) is 5.75 Å². The molecule has 0 saturated carbocycles. The van der Waals surface area contributed by atoms with E-state index < -0.39 is 17.7 Å². The second kappa shape index (κ2) is 5.31. The van der Waals surface area contributed by atoms with Crippen LogP contribution in [0.15, 0.2) is 30.5 Å². The first-order valence-corrected chi connectivity index (χ1v) is 5.59. The Morgan fingerprint density at radius 1 is 1.25 bits per heavy atom. The molecule has 1 aromatic heterocycles. The molecule has 20 heavy (non-hydrogen) atoms. The molecule has 2 rings (SSSR count). The van der Waals surface area contributed by atoms with Gasteiger partial charge >= 0.3 is 12.0 Å². The number of hydrogen-bond donors (Lipinski definition) is 4. The Kier molecular flexibility index (Phi) is 3.56. The maximum atomic E-state index is 11.7. The van der Waals surface area contributed by atoms with Gasteiger partial charge in [-0.2, -0.15) is 5.10 Å². The van der Waals surface area contributed by atoms with Crippen molar-refractivity contribution in [2.45, 2.75) is 0 Å². The topological polar surface area (TPSA) is 116 Å². The average Bonchev–Trinajstić information content (AvgIpc) is 2.74. The van der Waals surface area contributed by atoms with Crippen LogP contribution in [0.25, 0.3) is 0 Å². The second-order valence-corrected chi connectivity index (χ2v) is 3.99. The summed E-state index contributed by atoms with van der Waals surface area (Å²) >= 11 is 0. The largest absolute Gasteiger partial charge is 0.507 e. The minimum absolute atomic E-state index is 0.235. The van der Waals surface area contributed by atoms with Crippen LogP contribution in [0.4, 0.5) is 16.3 Å². The monoisotopic (exact) mass is 276 g/mol. The van der Waals surface area contributed by atoms with E-state index in [1.165, 1.54) is 16.8 Å². The van der Waals surface area contributed by atoms with Gasteiger partial charge in [0.2, 0.25) is 0 Å². The molecule has 8 heteroatoms. The lowest BCUT2D eigenvalue weighted by Crippen LogP contribution is -2.19. The number of carbonyl (C=O) groups is 2. The van der Waals surface area contributed by atoms with Crippen molar-refractivity contribution < 1.29 is 19.8 Å². The molecule has 2 amide bonds. The van der Waals surface area contributed by atoms with E-state index in [9.17, 15) is 14.7 Å². The van der Waals surface area contributed by atoms with Gasteiger partial charge in [0, 0.05) is 31.1 Å². The average molecular weight is 276 g/mol. The van der Waals surface area contributed by atoms with Crippen molar-refractivity contribution in [1.29, 1.82) is 0 Å². The normalized spacial score (nSPS) is 10.1. The number of nitrogens with one attached hydrogen (secondary N) is 2. The summed E-state index contributed by atoms with van der Waals surface area (Å²) in [5, 5.41) is 27.2. The standard InChI is InChI=1S/C12H12N4O4/c1-16-5-4-10(15-16)14-12(20)13-7-2-3-8(11(18)19)9(17)6-7/h2-6,17H,1H3,(H,18,19)(H2,13,14,15,20). The van der Waals surface area contributed by atoms with Crippen molar-refractivity contribution in [2.75, 3.05) is 10.6 Å². The number of carboxylic acid groups (broad SMARTS) is 1. The Morgan fingerprint density at radius 3 is 2.55 bits per heavy atom. The number of aryl methyl sites for hydroxylation is 1. The summed E-state index contributed by atoms with van der Waals surface area (Å²) < 4.78 is 1.53. The van der Waals surface area contributed by atoms with Crippen molar-refractivity contribution in [1.82, 2.24) is 9.78 Å². The first-order chi connectivity index (χ1) is 9.45. The van der Waals surface area contributed by atoms with Crippen molar-refractivity contribution in [2.24, 2.45) is 7.05 Å². The molecular formula is C12H12N4O4. The van der Waals surface area contributed by atoms with Crippen molar-refractivity contribution in [3.8, 4) is 5.75 Å². The Hall–Kier alpha value is -3.03. The minimum atomic E-state index is -1.24. The summed E-state index contributed by atoms with van der Waals surface area (Å²) in [6, 6.07) is 4.80. The second-order valence-electron chi connectivity index (χ2n) is 3.99. The van der Waals surface area contributed by atoms with E-state index in [1.807, 2.05) is 0 Å². The predicted molar refractivity (Wildman–Crippen MR) is 70.9 cm³/mol. The molecule has 0 unspecified atom stereocenters. The maximum Gasteiger partial charge on any atom is 0.339 e. The first-order valence-electron chi connectivity index (χ1n) is 5.59. The van der Waals surface area contributed by atoms with Gasteiger partial charge in [-0.25, -0.2) is 9.59 Å². The number of carbonyl (C=O) groups excluding carboxylic acids is 1. The van der Waals surface area contributed by atoms with E-state index in [2.05, 4.69) is 15.7 Å². The lowest BCUT2D eigenvalue weighted by atomic mass is 10.2. The van der Waals surface area contributed by atoms with Gasteiger partial charge < -0.3 is 15.5 Å². The quantitative estimate of drug-likeness (QED) is 0.677. The van der Waals surface area contributed by atoms with E-state index in [1.54, 1.807) is 19.3 Å². The molecule has 0 fully saturated rings. The highest BCUT2D eigenvalue weighted by molar-refractivity contribution is 6.00. The Labute approximate surface area is 113 Å². The summed E-state index contributed by atoms with van der Waals surface area (Å²) in [4.78, 5) is 22.4. The first kappa shape index (κ1) is 13.4. The van der Waals surface area contributed by atoms with Gasteiger partial charge in [-0.05, 0) is 12.1 Å². The molecule has 0 saturated heterocycles. The third-order valence-electron chi connectivity index (χ3n) is 2.44. The number of phenols is 1. The van der Waals surface area contributed by atoms with Crippen LogP contribution >= 0.6 is 0 Å². The van der Waals surface area contributed by atoms with Crippen LogP contribution in [-0.4, -0.2) is 32.0 Å². The van der Waals surface area contributed by atoms with Gasteiger partial charge in [0.1, 0.15) is 11.3 Å². The smallest absolute Gasteiger partial charge is 0.339 e. The number of amides is 2. The molecule has 0 bridgehead atoms. The van der Waals surface area contributed by atoms with Crippen molar-refractivity contribution in [3.05, 3.63) is 36.0 Å². The number of anilines is 2.